The molecule has 0 radical (unpaired) electrons. The van der Waals surface area contributed by atoms with E-state index in [4.69, 9.17) is 0 Å². The Balaban J connectivity index is 1.61. The van der Waals surface area contributed by atoms with Crippen molar-refractivity contribution in [2.75, 3.05) is 43.1 Å². The quantitative estimate of drug-likeness (QED) is 0.0808. The number of sulfonamides is 1. The van der Waals surface area contributed by atoms with Gasteiger partial charge in [-0.15, -0.1) is 0 Å². The van der Waals surface area contributed by atoms with E-state index in [-0.39, 0.29) is 60.4 Å². The van der Waals surface area contributed by atoms with E-state index < -0.39 is 62.7 Å². The zero-order chi connectivity index (χ0) is 45.1. The van der Waals surface area contributed by atoms with Gasteiger partial charge < -0.3 is 4.90 Å². The van der Waals surface area contributed by atoms with E-state index >= 15 is 0 Å². The zero-order valence-corrected chi connectivity index (χ0v) is 38.2. The second kappa shape index (κ2) is 18.7. The molecule has 2 aromatic carbocycles. The fourth-order valence-corrected chi connectivity index (χ4v) is 10.2. The molecule has 2 aliphatic rings. The number of anilines is 1. The second-order valence-corrected chi connectivity index (χ2v) is 22.9. The van der Waals surface area contributed by atoms with Gasteiger partial charge in [-0.2, -0.15) is 29.8 Å². The van der Waals surface area contributed by atoms with Gasteiger partial charge in [0.25, 0.3) is 30.4 Å². The van der Waals surface area contributed by atoms with Crippen molar-refractivity contribution < 1.29 is 56.7 Å². The Morgan fingerprint density at radius 1 is 0.767 bits per heavy atom. The summed E-state index contributed by atoms with van der Waals surface area (Å²) in [7, 11) is -15.4. The molecule has 2 heterocycles. The molecule has 2 aliphatic heterocycles. The Morgan fingerprint density at radius 3 is 1.97 bits per heavy atom. The van der Waals surface area contributed by atoms with Crippen LogP contribution in [-0.2, 0) is 56.0 Å². The first-order valence-electron chi connectivity index (χ1n) is 19.4. The largest absolute Gasteiger partial charge is 0.344 e. The number of benzene rings is 2. The first kappa shape index (κ1) is 48.8. The average molecular weight is 911 g/mol. The van der Waals surface area contributed by atoms with E-state index in [0.29, 0.717) is 28.9 Å². The van der Waals surface area contributed by atoms with E-state index in [2.05, 4.69) is 0 Å². The topological polar surface area (TPSA) is 224 Å². The molecule has 0 atom stereocenters. The Morgan fingerprint density at radius 2 is 1.35 bits per heavy atom. The molecule has 3 N–H and O–H groups in total. The Kier molecular flexibility index (Phi) is 15.2. The van der Waals surface area contributed by atoms with Crippen LogP contribution in [0.1, 0.15) is 78.4 Å². The van der Waals surface area contributed by atoms with Crippen molar-refractivity contribution in [1.82, 2.24) is 4.31 Å². The van der Waals surface area contributed by atoms with Gasteiger partial charge in [0.1, 0.15) is 12.3 Å². The van der Waals surface area contributed by atoms with Crippen molar-refractivity contribution in [1.29, 1.82) is 0 Å². The number of fused-ring (bicyclic) bond motifs is 2. The molecule has 0 spiro atoms. The van der Waals surface area contributed by atoms with Crippen LogP contribution in [-0.4, -0.2) is 106 Å². The minimum atomic E-state index is -4.49. The molecule has 0 saturated heterocycles. The van der Waals surface area contributed by atoms with Gasteiger partial charge in [-0.25, -0.2) is 12.7 Å². The molecule has 0 aromatic heterocycles. The first-order chi connectivity index (χ1) is 27.6. The SMILES string of the molecule is CC(C)C(=O)CCCN(C)S(=O)(=O)c1ccc2c(c1)C(C)(C)C(/C=C/C=C/C=C/C=C1/N(CCCS(=O)(=O)O)c3ccc(S(=O)(=O)O)cc3C1(C)C)=[N+]2CCCS(=O)(=O)O. The van der Waals surface area contributed by atoms with Gasteiger partial charge in [-0.3, -0.25) is 18.5 Å². The molecule has 330 valence electrons. The molecule has 0 amide bonds. The number of hydrogen-bond donors (Lipinski definition) is 3. The van der Waals surface area contributed by atoms with Gasteiger partial charge in [0.05, 0.1) is 26.7 Å². The van der Waals surface area contributed by atoms with Crippen LogP contribution in [0.4, 0.5) is 11.4 Å². The van der Waals surface area contributed by atoms with E-state index in [1.807, 2.05) is 49.3 Å². The number of hydrogen-bond acceptors (Lipinski definition) is 10. The maximum Gasteiger partial charge on any atom is 0.294 e. The molecule has 0 bridgehead atoms. The standard InChI is InChI=1S/C41H55N3O12S4/c1-30(2)37(45)16-13-23-42(7)59(52,53)31-19-21-35-33(28-31)40(3,4)38(43(35)24-14-26-57(46,47)48)17-11-9-8-10-12-18-39-41(5,6)34-29-32(60(54,55)56)20-22-36(34)44(39)25-15-27-58(49,50)51/h8-12,17-22,28-30H,13-16,23-27H2,1-7H3,(H2-,46,47,48,49,50,51,54,55,56)/p+1. The second-order valence-electron chi connectivity index (χ2n) is 16.3. The van der Waals surface area contributed by atoms with Gasteiger partial charge in [0.2, 0.25) is 15.7 Å². The summed E-state index contributed by atoms with van der Waals surface area (Å²) in [6.45, 7) is 11.8. The molecular formula is C41H56N3O12S4+. The third-order valence-electron chi connectivity index (χ3n) is 10.8. The summed E-state index contributed by atoms with van der Waals surface area (Å²) in [6, 6.07) is 9.04. The van der Waals surface area contributed by atoms with Gasteiger partial charge in [0, 0.05) is 73.4 Å². The van der Waals surface area contributed by atoms with Crippen LogP contribution < -0.4 is 4.90 Å². The lowest BCUT2D eigenvalue weighted by Crippen LogP contribution is -2.30. The number of ketones is 1. The predicted octanol–water partition coefficient (Wildman–Crippen LogP) is 5.84. The van der Waals surface area contributed by atoms with Crippen LogP contribution in [0.5, 0.6) is 0 Å². The summed E-state index contributed by atoms with van der Waals surface area (Å²) in [5.74, 6) is -1.00. The lowest BCUT2D eigenvalue weighted by atomic mass is 9.81. The van der Waals surface area contributed by atoms with E-state index in [0.717, 1.165) is 11.4 Å². The van der Waals surface area contributed by atoms with Crippen molar-refractivity contribution in [3.8, 4) is 0 Å². The Bertz CT molecular complexity index is 2590. The molecule has 0 unspecified atom stereocenters. The molecule has 4 rings (SSSR count). The van der Waals surface area contributed by atoms with Crippen molar-refractivity contribution in [2.45, 2.75) is 87.8 Å². The summed E-state index contributed by atoms with van der Waals surface area (Å²) >= 11 is 0. The number of carbonyl (C=O) groups excluding carboxylic acids is 1. The Labute approximate surface area is 355 Å². The summed E-state index contributed by atoms with van der Waals surface area (Å²) in [5.41, 5.74) is 2.62. The molecule has 15 nitrogen and oxygen atoms in total. The van der Waals surface area contributed by atoms with Crippen LogP contribution >= 0.6 is 0 Å². The van der Waals surface area contributed by atoms with Crippen LogP contribution in [0.25, 0.3) is 0 Å². The summed E-state index contributed by atoms with van der Waals surface area (Å²) in [6.07, 6.45) is 13.3. The van der Waals surface area contributed by atoms with Crippen LogP contribution in [0.2, 0.25) is 0 Å². The Hall–Kier alpha value is -3.82. The van der Waals surface area contributed by atoms with Crippen molar-refractivity contribution in [3.05, 3.63) is 95.8 Å². The van der Waals surface area contributed by atoms with Gasteiger partial charge in [-0.05, 0) is 68.7 Å². The third kappa shape index (κ3) is 11.8. The third-order valence-corrected chi connectivity index (χ3v) is 15.1. The summed E-state index contributed by atoms with van der Waals surface area (Å²) in [4.78, 5) is 13.8. The minimum Gasteiger partial charge on any atom is -0.344 e. The zero-order valence-electron chi connectivity index (χ0n) is 34.9. The fraction of sp³-hybridized carbons (Fsp3) is 0.463. The van der Waals surface area contributed by atoms with Gasteiger partial charge in [-0.1, -0.05) is 58.1 Å². The molecule has 19 heteroatoms. The average Bonchev–Trinajstić information content (AvgIpc) is 3.47. The smallest absolute Gasteiger partial charge is 0.294 e. The number of Topliss-reactive ketones (excluding diaryl/α,β-unsaturated/α-hetero) is 1. The van der Waals surface area contributed by atoms with E-state index in [9.17, 15) is 52.1 Å². The summed E-state index contributed by atoms with van der Waals surface area (Å²) < 4.78 is 129. The highest BCUT2D eigenvalue weighted by Gasteiger charge is 2.45. The maximum absolute atomic E-state index is 13.6. The van der Waals surface area contributed by atoms with Crippen molar-refractivity contribution in [3.63, 3.8) is 0 Å². The molecular weight excluding hydrogens is 855 g/mol. The number of rotatable bonds is 20. The molecule has 2 aromatic rings. The first-order valence-corrected chi connectivity index (χ1v) is 25.5. The van der Waals surface area contributed by atoms with Crippen molar-refractivity contribution in [2.24, 2.45) is 5.92 Å². The van der Waals surface area contributed by atoms with Crippen LogP contribution in [0.3, 0.4) is 0 Å². The summed E-state index contributed by atoms with van der Waals surface area (Å²) in [5, 5.41) is 0. The molecule has 60 heavy (non-hydrogen) atoms. The minimum absolute atomic E-state index is 0.0642. The van der Waals surface area contributed by atoms with Gasteiger partial charge >= 0.3 is 0 Å². The molecule has 0 aliphatic carbocycles. The van der Waals surface area contributed by atoms with Crippen molar-refractivity contribution >= 4 is 63.2 Å². The van der Waals surface area contributed by atoms with E-state index in [1.165, 1.54) is 29.6 Å². The highest BCUT2D eigenvalue weighted by atomic mass is 32.2. The van der Waals surface area contributed by atoms with Crippen LogP contribution in [0, 0.1) is 5.92 Å². The van der Waals surface area contributed by atoms with Gasteiger partial charge in [0.15, 0.2) is 5.71 Å². The predicted molar refractivity (Wildman–Crippen MR) is 232 cm³/mol. The van der Waals surface area contributed by atoms with E-state index in [1.54, 1.807) is 62.4 Å². The number of allylic oxidation sites excluding steroid dienone is 8. The lowest BCUT2D eigenvalue weighted by Gasteiger charge is -2.27. The highest BCUT2D eigenvalue weighted by Crippen LogP contribution is 2.48. The maximum atomic E-state index is 13.6. The highest BCUT2D eigenvalue weighted by molar-refractivity contribution is 7.89. The van der Waals surface area contributed by atoms with Crippen LogP contribution in [0.15, 0.2) is 94.4 Å². The monoisotopic (exact) mass is 910 g/mol. The number of carbonyl (C=O) groups is 1. The molecule has 0 fully saturated rings. The normalized spacial score (nSPS) is 17.7. The lowest BCUT2D eigenvalue weighted by molar-refractivity contribution is -0.437. The molecule has 0 saturated carbocycles. The fourth-order valence-electron chi connectivity index (χ4n) is 7.47. The number of nitrogens with zero attached hydrogens (tertiary/aromatic N) is 3.